The number of rotatable bonds is 6. The summed E-state index contributed by atoms with van der Waals surface area (Å²) in [5, 5.41) is 17.6. The smallest absolute Gasteiger partial charge is 0.174 e. The van der Waals surface area contributed by atoms with E-state index in [1.807, 2.05) is 25.1 Å². The molecular formula is C11H14N6O. The maximum Gasteiger partial charge on any atom is 0.174 e. The maximum atomic E-state index is 5.21. The molecule has 0 aliphatic rings. The van der Waals surface area contributed by atoms with E-state index < -0.39 is 0 Å². The van der Waals surface area contributed by atoms with Crippen LogP contribution in [0.2, 0.25) is 0 Å². The Bertz CT molecular complexity index is 481. The number of hydrogen-bond donors (Lipinski definition) is 1. The second-order valence-electron chi connectivity index (χ2n) is 3.66. The van der Waals surface area contributed by atoms with Gasteiger partial charge in [0.2, 0.25) is 0 Å². The summed E-state index contributed by atoms with van der Waals surface area (Å²) in [6.07, 6.45) is 3.23. The fourth-order valence-electron chi connectivity index (χ4n) is 1.35. The van der Waals surface area contributed by atoms with Gasteiger partial charge in [-0.05, 0) is 25.5 Å². The molecule has 0 amide bonds. The van der Waals surface area contributed by atoms with Gasteiger partial charge in [-0.25, -0.2) is 0 Å². The third kappa shape index (κ3) is 3.62. The first-order valence-electron chi connectivity index (χ1n) is 5.66. The molecule has 0 unspecified atom stereocenters. The van der Waals surface area contributed by atoms with Crippen LogP contribution in [0.15, 0.2) is 29.6 Å². The minimum atomic E-state index is 0.513. The van der Waals surface area contributed by atoms with Crippen LogP contribution in [-0.4, -0.2) is 37.9 Å². The minimum absolute atomic E-state index is 0.513. The first-order chi connectivity index (χ1) is 8.86. The lowest BCUT2D eigenvalue weighted by molar-refractivity contribution is 0.141. The minimum Gasteiger partial charge on any atom is -0.396 e. The number of oxime groups is 1. The molecule has 2 heterocycles. The summed E-state index contributed by atoms with van der Waals surface area (Å²) in [7, 11) is 0. The van der Waals surface area contributed by atoms with Crippen LogP contribution in [0.25, 0.3) is 0 Å². The molecule has 0 spiro atoms. The Kier molecular flexibility index (Phi) is 4.34. The molecule has 0 aliphatic heterocycles. The van der Waals surface area contributed by atoms with Crippen molar-refractivity contribution < 1.29 is 4.84 Å². The molecule has 94 valence electrons. The van der Waals surface area contributed by atoms with Crippen LogP contribution in [0.1, 0.15) is 24.9 Å². The Morgan fingerprint density at radius 2 is 2.39 bits per heavy atom. The second kappa shape index (κ2) is 6.43. The number of nitrogens with zero attached hydrogens (tertiary/aromatic N) is 5. The number of aryl methyl sites for hydroxylation is 1. The normalized spacial score (nSPS) is 11.5. The zero-order valence-electron chi connectivity index (χ0n) is 10.1. The standard InChI is InChI=1S/C11H14N6O/c1-9(10-5-2-3-7-12-10)15-18-8-4-6-11-13-16-17-14-11/h2-3,5,7H,4,6,8H2,1H3,(H,13,14,16,17)/b15-9+. The third-order valence-corrected chi connectivity index (χ3v) is 2.26. The summed E-state index contributed by atoms with van der Waals surface area (Å²) in [5.41, 5.74) is 1.57. The molecule has 7 heteroatoms. The molecule has 0 aromatic carbocycles. The molecule has 1 N–H and O–H groups in total. The van der Waals surface area contributed by atoms with Gasteiger partial charge in [0.1, 0.15) is 12.3 Å². The number of hydrogen-bond acceptors (Lipinski definition) is 6. The molecule has 0 aliphatic carbocycles. The van der Waals surface area contributed by atoms with Gasteiger partial charge in [-0.15, -0.1) is 10.2 Å². The summed E-state index contributed by atoms with van der Waals surface area (Å²) >= 11 is 0. The van der Waals surface area contributed by atoms with Gasteiger partial charge in [0, 0.05) is 12.6 Å². The SMILES string of the molecule is C/C(=N\OCCCc1nn[nH]n1)c1ccccn1. The van der Waals surface area contributed by atoms with Crippen molar-refractivity contribution >= 4 is 5.71 Å². The van der Waals surface area contributed by atoms with E-state index >= 15 is 0 Å². The molecule has 0 bridgehead atoms. The quantitative estimate of drug-likeness (QED) is 0.466. The lowest BCUT2D eigenvalue weighted by atomic mass is 10.3. The summed E-state index contributed by atoms with van der Waals surface area (Å²) in [6, 6.07) is 5.67. The molecular weight excluding hydrogens is 232 g/mol. The molecule has 0 atom stereocenters. The number of tetrazole rings is 1. The highest BCUT2D eigenvalue weighted by Gasteiger charge is 1.99. The van der Waals surface area contributed by atoms with E-state index in [4.69, 9.17) is 4.84 Å². The summed E-state index contributed by atoms with van der Waals surface area (Å²) in [5.74, 6) is 0.684. The van der Waals surface area contributed by atoms with Crippen LogP contribution >= 0.6 is 0 Å². The van der Waals surface area contributed by atoms with Crippen molar-refractivity contribution in [2.45, 2.75) is 19.8 Å². The number of aromatic nitrogens is 5. The van der Waals surface area contributed by atoms with Gasteiger partial charge in [0.25, 0.3) is 0 Å². The average Bonchev–Trinajstić information content (AvgIpc) is 2.92. The van der Waals surface area contributed by atoms with Gasteiger partial charge >= 0.3 is 0 Å². The number of H-pyrrole nitrogens is 1. The lowest BCUT2D eigenvalue weighted by Gasteiger charge is -2.00. The van der Waals surface area contributed by atoms with Gasteiger partial charge in [0.05, 0.1) is 5.69 Å². The number of aromatic amines is 1. The zero-order chi connectivity index (χ0) is 12.6. The van der Waals surface area contributed by atoms with Crippen molar-refractivity contribution in [3.8, 4) is 0 Å². The molecule has 2 rings (SSSR count). The summed E-state index contributed by atoms with van der Waals surface area (Å²) in [6.45, 7) is 2.38. The first kappa shape index (κ1) is 12.2. The monoisotopic (exact) mass is 246 g/mol. The van der Waals surface area contributed by atoms with Crippen LogP contribution in [0, 0.1) is 0 Å². The van der Waals surface area contributed by atoms with E-state index in [9.17, 15) is 0 Å². The highest BCUT2D eigenvalue weighted by atomic mass is 16.6. The van der Waals surface area contributed by atoms with Crippen molar-refractivity contribution in [1.82, 2.24) is 25.6 Å². The van der Waals surface area contributed by atoms with Gasteiger partial charge < -0.3 is 4.84 Å². The number of pyridine rings is 1. The van der Waals surface area contributed by atoms with Gasteiger partial charge in [0.15, 0.2) is 5.82 Å². The van der Waals surface area contributed by atoms with Crippen LogP contribution < -0.4 is 0 Å². The predicted octanol–water partition coefficient (Wildman–Crippen LogP) is 0.968. The molecule has 0 saturated carbocycles. The molecule has 18 heavy (non-hydrogen) atoms. The number of nitrogens with one attached hydrogen (secondary N) is 1. The van der Waals surface area contributed by atoms with Gasteiger partial charge in [-0.2, -0.15) is 5.21 Å². The molecule has 0 radical (unpaired) electrons. The van der Waals surface area contributed by atoms with E-state index in [1.165, 1.54) is 0 Å². The third-order valence-electron chi connectivity index (χ3n) is 2.26. The fraction of sp³-hybridized carbons (Fsp3) is 0.364. The largest absolute Gasteiger partial charge is 0.396 e. The Labute approximate surface area is 104 Å². The van der Waals surface area contributed by atoms with E-state index in [1.54, 1.807) is 6.20 Å². The highest BCUT2D eigenvalue weighted by molar-refractivity contribution is 5.96. The second-order valence-corrected chi connectivity index (χ2v) is 3.66. The molecule has 7 nitrogen and oxygen atoms in total. The van der Waals surface area contributed by atoms with E-state index in [0.29, 0.717) is 18.9 Å². The van der Waals surface area contributed by atoms with Crippen LogP contribution in [0.4, 0.5) is 0 Å². The van der Waals surface area contributed by atoms with Crippen LogP contribution in [0.5, 0.6) is 0 Å². The maximum absolute atomic E-state index is 5.21. The highest BCUT2D eigenvalue weighted by Crippen LogP contribution is 1.98. The zero-order valence-corrected chi connectivity index (χ0v) is 10.1. The molecule has 0 saturated heterocycles. The van der Waals surface area contributed by atoms with E-state index in [-0.39, 0.29) is 0 Å². The van der Waals surface area contributed by atoms with Crippen molar-refractivity contribution in [1.29, 1.82) is 0 Å². The van der Waals surface area contributed by atoms with Crippen LogP contribution in [-0.2, 0) is 11.3 Å². The molecule has 2 aromatic rings. The van der Waals surface area contributed by atoms with E-state index in [0.717, 1.165) is 17.8 Å². The van der Waals surface area contributed by atoms with Crippen molar-refractivity contribution in [2.75, 3.05) is 6.61 Å². The Balaban J connectivity index is 1.71. The predicted molar refractivity (Wildman–Crippen MR) is 64.9 cm³/mol. The van der Waals surface area contributed by atoms with Crippen molar-refractivity contribution in [3.05, 3.63) is 35.9 Å². The molecule has 2 aromatic heterocycles. The Morgan fingerprint density at radius 1 is 1.44 bits per heavy atom. The van der Waals surface area contributed by atoms with Crippen molar-refractivity contribution in [2.24, 2.45) is 5.16 Å². The van der Waals surface area contributed by atoms with Gasteiger partial charge in [-0.1, -0.05) is 16.4 Å². The van der Waals surface area contributed by atoms with Gasteiger partial charge in [-0.3, -0.25) is 4.98 Å². The molecule has 0 fully saturated rings. The Hall–Kier alpha value is -2.31. The first-order valence-corrected chi connectivity index (χ1v) is 5.66. The van der Waals surface area contributed by atoms with Crippen LogP contribution in [0.3, 0.4) is 0 Å². The topological polar surface area (TPSA) is 88.9 Å². The summed E-state index contributed by atoms with van der Waals surface area (Å²) in [4.78, 5) is 9.38. The summed E-state index contributed by atoms with van der Waals surface area (Å²) < 4.78 is 0. The van der Waals surface area contributed by atoms with E-state index in [2.05, 4.69) is 30.8 Å². The fourth-order valence-corrected chi connectivity index (χ4v) is 1.35. The Morgan fingerprint density at radius 3 is 3.11 bits per heavy atom. The lowest BCUT2D eigenvalue weighted by Crippen LogP contribution is -2.00. The average molecular weight is 246 g/mol. The van der Waals surface area contributed by atoms with Crippen molar-refractivity contribution in [3.63, 3.8) is 0 Å².